The van der Waals surface area contributed by atoms with Gasteiger partial charge in [0.05, 0.1) is 11.1 Å². The second-order valence-electron chi connectivity index (χ2n) is 3.86. The van der Waals surface area contributed by atoms with Crippen molar-refractivity contribution in [3.05, 3.63) is 60.3 Å². The van der Waals surface area contributed by atoms with E-state index in [2.05, 4.69) is 10.2 Å². The summed E-state index contributed by atoms with van der Waals surface area (Å²) in [5, 5.41) is 7.66. The molecule has 4 nitrogen and oxygen atoms in total. The zero-order chi connectivity index (χ0) is 12.4. The first-order valence-corrected chi connectivity index (χ1v) is 5.54. The molecule has 3 aromatic rings. The molecule has 0 bridgehead atoms. The summed E-state index contributed by atoms with van der Waals surface area (Å²) in [6.45, 7) is 0. The van der Waals surface area contributed by atoms with Crippen LogP contribution in [0.15, 0.2) is 54.7 Å². The van der Waals surface area contributed by atoms with Crippen LogP contribution in [0.5, 0.6) is 5.75 Å². The average molecular weight is 238 g/mol. The third-order valence-corrected chi connectivity index (χ3v) is 2.62. The maximum atomic E-state index is 11.9. The number of nitrogens with one attached hydrogen (secondary N) is 1. The number of hydrogen-bond donors (Lipinski definition) is 1. The van der Waals surface area contributed by atoms with E-state index in [4.69, 9.17) is 4.74 Å². The Hall–Kier alpha value is -2.62. The van der Waals surface area contributed by atoms with Crippen LogP contribution < -0.4 is 4.74 Å². The number of esters is 1. The van der Waals surface area contributed by atoms with Crippen molar-refractivity contribution < 1.29 is 9.53 Å². The number of rotatable bonds is 2. The minimum absolute atomic E-state index is 0.371. The Morgan fingerprint density at radius 1 is 1.11 bits per heavy atom. The van der Waals surface area contributed by atoms with Gasteiger partial charge in [-0.15, -0.1) is 0 Å². The molecule has 0 radical (unpaired) electrons. The number of carbonyl (C=O) groups is 1. The predicted molar refractivity (Wildman–Crippen MR) is 67.5 cm³/mol. The second-order valence-corrected chi connectivity index (χ2v) is 3.86. The molecule has 0 amide bonds. The van der Waals surface area contributed by atoms with Gasteiger partial charge in [0.15, 0.2) is 0 Å². The van der Waals surface area contributed by atoms with Crippen molar-refractivity contribution in [2.45, 2.75) is 0 Å². The van der Waals surface area contributed by atoms with Gasteiger partial charge in [-0.05, 0) is 30.3 Å². The van der Waals surface area contributed by atoms with Crippen molar-refractivity contribution in [2.75, 3.05) is 0 Å². The zero-order valence-electron chi connectivity index (χ0n) is 9.46. The number of benzene rings is 2. The first kappa shape index (κ1) is 10.5. The Bertz CT molecular complexity index is 689. The summed E-state index contributed by atoms with van der Waals surface area (Å²) in [7, 11) is 0. The fraction of sp³-hybridized carbons (Fsp3) is 0. The number of H-pyrrole nitrogens is 1. The highest BCUT2D eigenvalue weighted by molar-refractivity contribution is 5.95. The molecule has 0 spiro atoms. The molecule has 0 unspecified atom stereocenters. The van der Waals surface area contributed by atoms with E-state index < -0.39 is 0 Å². The van der Waals surface area contributed by atoms with Crippen LogP contribution in [0.2, 0.25) is 0 Å². The Kier molecular flexibility index (Phi) is 2.53. The van der Waals surface area contributed by atoms with E-state index in [9.17, 15) is 4.79 Å². The zero-order valence-corrected chi connectivity index (χ0v) is 9.46. The molecular formula is C14H10N2O2. The van der Waals surface area contributed by atoms with Gasteiger partial charge in [-0.2, -0.15) is 5.10 Å². The van der Waals surface area contributed by atoms with Gasteiger partial charge >= 0.3 is 5.97 Å². The summed E-state index contributed by atoms with van der Waals surface area (Å²) < 4.78 is 5.26. The third-order valence-electron chi connectivity index (χ3n) is 2.62. The number of para-hydroxylation sites is 1. The van der Waals surface area contributed by atoms with E-state index in [0.717, 1.165) is 10.9 Å². The minimum atomic E-state index is -0.371. The molecular weight excluding hydrogens is 228 g/mol. The summed E-state index contributed by atoms with van der Waals surface area (Å²) in [6.07, 6.45) is 1.74. The molecule has 0 aliphatic rings. The molecule has 88 valence electrons. The molecule has 0 aliphatic carbocycles. The first-order valence-electron chi connectivity index (χ1n) is 5.54. The lowest BCUT2D eigenvalue weighted by molar-refractivity contribution is 0.0735. The molecule has 3 rings (SSSR count). The maximum absolute atomic E-state index is 11.9. The van der Waals surface area contributed by atoms with Crippen LogP contribution in [-0.2, 0) is 0 Å². The van der Waals surface area contributed by atoms with Crippen molar-refractivity contribution in [2.24, 2.45) is 0 Å². The van der Waals surface area contributed by atoms with Gasteiger partial charge in [0.2, 0.25) is 0 Å². The fourth-order valence-corrected chi connectivity index (χ4v) is 1.72. The van der Waals surface area contributed by atoms with E-state index >= 15 is 0 Å². The summed E-state index contributed by atoms with van der Waals surface area (Å²) in [4.78, 5) is 11.9. The number of aromatic nitrogens is 2. The smallest absolute Gasteiger partial charge is 0.343 e. The molecule has 1 N–H and O–H groups in total. The van der Waals surface area contributed by atoms with Crippen LogP contribution in [0.3, 0.4) is 0 Å². The van der Waals surface area contributed by atoms with E-state index in [1.807, 2.05) is 18.2 Å². The third kappa shape index (κ3) is 1.96. The van der Waals surface area contributed by atoms with Gasteiger partial charge < -0.3 is 4.74 Å². The van der Waals surface area contributed by atoms with Gasteiger partial charge in [0.1, 0.15) is 5.75 Å². The standard InChI is InChI=1S/C14H10N2O2/c17-14(18-12-4-2-1-3-5-12)10-6-7-13-11(8-10)9-15-16-13/h1-9H,(H,15,16). The summed E-state index contributed by atoms with van der Waals surface area (Å²) in [5.41, 5.74) is 1.33. The SMILES string of the molecule is O=C(Oc1ccccc1)c1ccc2n[nH]cc2c1. The van der Waals surface area contributed by atoms with Gasteiger partial charge in [0.25, 0.3) is 0 Å². The van der Waals surface area contributed by atoms with Crippen molar-refractivity contribution >= 4 is 16.9 Å². The number of ether oxygens (including phenoxy) is 1. The van der Waals surface area contributed by atoms with Crippen LogP contribution in [0.4, 0.5) is 0 Å². The fourth-order valence-electron chi connectivity index (χ4n) is 1.72. The first-order chi connectivity index (χ1) is 8.83. The largest absolute Gasteiger partial charge is 0.423 e. The highest BCUT2D eigenvalue weighted by atomic mass is 16.5. The summed E-state index contributed by atoms with van der Waals surface area (Å²) in [5.74, 6) is 0.166. The lowest BCUT2D eigenvalue weighted by atomic mass is 10.1. The molecule has 0 atom stereocenters. The van der Waals surface area contributed by atoms with Crippen molar-refractivity contribution in [1.29, 1.82) is 0 Å². The Morgan fingerprint density at radius 2 is 1.94 bits per heavy atom. The predicted octanol–water partition coefficient (Wildman–Crippen LogP) is 2.78. The molecule has 1 aromatic heterocycles. The Labute approximate surface area is 103 Å². The van der Waals surface area contributed by atoms with E-state index in [0.29, 0.717) is 11.3 Å². The van der Waals surface area contributed by atoms with Crippen LogP contribution >= 0.6 is 0 Å². The summed E-state index contributed by atoms with van der Waals surface area (Å²) >= 11 is 0. The van der Waals surface area contributed by atoms with Gasteiger partial charge in [0, 0.05) is 11.6 Å². The van der Waals surface area contributed by atoms with E-state index in [-0.39, 0.29) is 5.97 Å². The quantitative estimate of drug-likeness (QED) is 0.551. The number of fused-ring (bicyclic) bond motifs is 1. The molecule has 0 fully saturated rings. The highest BCUT2D eigenvalue weighted by Crippen LogP contribution is 2.16. The van der Waals surface area contributed by atoms with E-state index in [1.165, 1.54) is 0 Å². The second kappa shape index (κ2) is 4.33. The van der Waals surface area contributed by atoms with Gasteiger partial charge in [-0.3, -0.25) is 5.10 Å². The van der Waals surface area contributed by atoms with Crippen molar-refractivity contribution in [3.8, 4) is 5.75 Å². The number of hydrogen-bond acceptors (Lipinski definition) is 3. The van der Waals surface area contributed by atoms with E-state index in [1.54, 1.807) is 36.5 Å². The molecule has 4 heteroatoms. The Morgan fingerprint density at radius 3 is 2.78 bits per heavy atom. The number of nitrogens with zero attached hydrogens (tertiary/aromatic N) is 1. The molecule has 1 heterocycles. The monoisotopic (exact) mass is 238 g/mol. The lowest BCUT2D eigenvalue weighted by Gasteiger charge is -2.03. The molecule has 0 aliphatic heterocycles. The Balaban J connectivity index is 1.87. The minimum Gasteiger partial charge on any atom is -0.423 e. The molecule has 0 saturated carbocycles. The van der Waals surface area contributed by atoms with Crippen molar-refractivity contribution in [3.63, 3.8) is 0 Å². The maximum Gasteiger partial charge on any atom is 0.343 e. The van der Waals surface area contributed by atoms with Crippen LogP contribution in [0.25, 0.3) is 10.9 Å². The molecule has 0 saturated heterocycles. The number of carbonyl (C=O) groups excluding carboxylic acids is 1. The average Bonchev–Trinajstić information content (AvgIpc) is 2.87. The normalized spacial score (nSPS) is 10.4. The molecule has 2 aromatic carbocycles. The molecule has 18 heavy (non-hydrogen) atoms. The highest BCUT2D eigenvalue weighted by Gasteiger charge is 2.09. The number of aromatic amines is 1. The van der Waals surface area contributed by atoms with Crippen LogP contribution in [-0.4, -0.2) is 16.2 Å². The van der Waals surface area contributed by atoms with Gasteiger partial charge in [-0.1, -0.05) is 18.2 Å². The van der Waals surface area contributed by atoms with Gasteiger partial charge in [-0.25, -0.2) is 4.79 Å². The van der Waals surface area contributed by atoms with Crippen LogP contribution in [0.1, 0.15) is 10.4 Å². The summed E-state index contributed by atoms with van der Waals surface area (Å²) in [6, 6.07) is 14.2. The van der Waals surface area contributed by atoms with Crippen molar-refractivity contribution in [1.82, 2.24) is 10.2 Å². The topological polar surface area (TPSA) is 55.0 Å². The van der Waals surface area contributed by atoms with Crippen LogP contribution in [0, 0.1) is 0 Å². The lowest BCUT2D eigenvalue weighted by Crippen LogP contribution is -2.08.